The Labute approximate surface area is 88.7 Å². The third-order valence-corrected chi connectivity index (χ3v) is 2.42. The standard InChI is InChI=1S/C9H17NO3S/c1-9(2)12-5-7(13-9)4-10-8(11)6-14-3/h7H,4-6H2,1-3H3,(H,10,11). The molecule has 5 heteroatoms. The van der Waals surface area contributed by atoms with Crippen molar-refractivity contribution in [1.29, 1.82) is 0 Å². The van der Waals surface area contributed by atoms with Crippen molar-refractivity contribution < 1.29 is 14.3 Å². The lowest BCUT2D eigenvalue weighted by atomic mass is 10.3. The van der Waals surface area contributed by atoms with Gasteiger partial charge in [0, 0.05) is 6.54 Å². The van der Waals surface area contributed by atoms with E-state index in [0.717, 1.165) is 0 Å². The second-order valence-corrected chi connectivity index (χ2v) is 4.55. The molecule has 14 heavy (non-hydrogen) atoms. The molecule has 0 aromatic carbocycles. The van der Waals surface area contributed by atoms with Gasteiger partial charge in [0.2, 0.25) is 5.91 Å². The molecule has 0 saturated carbocycles. The Morgan fingerprint density at radius 1 is 1.64 bits per heavy atom. The van der Waals surface area contributed by atoms with E-state index in [4.69, 9.17) is 9.47 Å². The SMILES string of the molecule is CSCC(=O)NCC1COC(C)(C)O1. The summed E-state index contributed by atoms with van der Waals surface area (Å²) in [4.78, 5) is 11.1. The number of nitrogens with one attached hydrogen (secondary N) is 1. The van der Waals surface area contributed by atoms with Gasteiger partial charge >= 0.3 is 0 Å². The zero-order valence-corrected chi connectivity index (χ0v) is 9.65. The number of amides is 1. The fourth-order valence-corrected chi connectivity index (χ4v) is 1.64. The molecule has 1 heterocycles. The van der Waals surface area contributed by atoms with Crippen LogP contribution < -0.4 is 5.32 Å². The minimum Gasteiger partial charge on any atom is -0.353 e. The average molecular weight is 219 g/mol. The number of carbonyl (C=O) groups excluding carboxylic acids is 1. The summed E-state index contributed by atoms with van der Waals surface area (Å²) in [5.41, 5.74) is 0. The highest BCUT2D eigenvalue weighted by atomic mass is 32.2. The first-order valence-electron chi connectivity index (χ1n) is 4.61. The summed E-state index contributed by atoms with van der Waals surface area (Å²) >= 11 is 1.51. The molecular formula is C9H17NO3S. The van der Waals surface area contributed by atoms with Gasteiger partial charge in [0.1, 0.15) is 6.10 Å². The van der Waals surface area contributed by atoms with Crippen LogP contribution in [0.25, 0.3) is 0 Å². The molecule has 0 aliphatic carbocycles. The van der Waals surface area contributed by atoms with Crippen molar-refractivity contribution in [1.82, 2.24) is 5.32 Å². The molecule has 0 spiro atoms. The maximum Gasteiger partial charge on any atom is 0.230 e. The van der Waals surface area contributed by atoms with Crippen LogP contribution in [0.1, 0.15) is 13.8 Å². The van der Waals surface area contributed by atoms with Crippen LogP contribution in [0.4, 0.5) is 0 Å². The van der Waals surface area contributed by atoms with Crippen molar-refractivity contribution in [2.45, 2.75) is 25.7 Å². The molecule has 0 aromatic heterocycles. The average Bonchev–Trinajstić information content (AvgIpc) is 2.43. The molecule has 0 bridgehead atoms. The minimum atomic E-state index is -0.505. The minimum absolute atomic E-state index is 0.0178. The Hall–Kier alpha value is -0.260. The summed E-state index contributed by atoms with van der Waals surface area (Å²) in [5, 5.41) is 2.80. The van der Waals surface area contributed by atoms with E-state index in [9.17, 15) is 4.79 Å². The molecule has 1 atom stereocenters. The molecule has 1 rings (SSSR count). The van der Waals surface area contributed by atoms with E-state index < -0.39 is 5.79 Å². The molecule has 1 N–H and O–H groups in total. The summed E-state index contributed by atoms with van der Waals surface area (Å²) < 4.78 is 10.9. The Bertz CT molecular complexity index is 208. The molecule has 1 fully saturated rings. The lowest BCUT2D eigenvalue weighted by Crippen LogP contribution is -2.35. The van der Waals surface area contributed by atoms with Crippen LogP contribution in [-0.4, -0.2) is 43.0 Å². The quantitative estimate of drug-likeness (QED) is 0.753. The number of rotatable bonds is 4. The van der Waals surface area contributed by atoms with Crippen molar-refractivity contribution >= 4 is 17.7 Å². The highest BCUT2D eigenvalue weighted by Gasteiger charge is 2.32. The maximum atomic E-state index is 11.1. The van der Waals surface area contributed by atoms with Gasteiger partial charge in [-0.05, 0) is 20.1 Å². The van der Waals surface area contributed by atoms with Gasteiger partial charge in [-0.2, -0.15) is 11.8 Å². The molecule has 1 aliphatic heterocycles. The van der Waals surface area contributed by atoms with E-state index >= 15 is 0 Å². The highest BCUT2D eigenvalue weighted by molar-refractivity contribution is 7.99. The zero-order valence-electron chi connectivity index (χ0n) is 8.83. The van der Waals surface area contributed by atoms with Gasteiger partial charge in [-0.1, -0.05) is 0 Å². The van der Waals surface area contributed by atoms with Crippen molar-refractivity contribution in [3.63, 3.8) is 0 Å². The first-order chi connectivity index (χ1) is 6.53. The predicted octanol–water partition coefficient (Wildman–Crippen LogP) is 0.617. The van der Waals surface area contributed by atoms with E-state index in [2.05, 4.69) is 5.32 Å². The van der Waals surface area contributed by atoms with E-state index in [1.165, 1.54) is 11.8 Å². The number of hydrogen-bond acceptors (Lipinski definition) is 4. The summed E-state index contributed by atoms with van der Waals surface area (Å²) in [6.45, 7) is 4.82. The molecule has 4 nitrogen and oxygen atoms in total. The summed E-state index contributed by atoms with van der Waals surface area (Å²) in [7, 11) is 0. The largest absolute Gasteiger partial charge is 0.353 e. The molecule has 1 saturated heterocycles. The lowest BCUT2D eigenvalue weighted by Gasteiger charge is -2.17. The monoisotopic (exact) mass is 219 g/mol. The Morgan fingerprint density at radius 3 is 2.86 bits per heavy atom. The second kappa shape index (κ2) is 5.00. The van der Waals surface area contributed by atoms with Crippen LogP contribution in [0.3, 0.4) is 0 Å². The van der Waals surface area contributed by atoms with E-state index in [-0.39, 0.29) is 12.0 Å². The second-order valence-electron chi connectivity index (χ2n) is 3.69. The molecule has 1 amide bonds. The Balaban J connectivity index is 2.17. The van der Waals surface area contributed by atoms with Gasteiger partial charge in [0.05, 0.1) is 12.4 Å². The maximum absolute atomic E-state index is 11.1. The van der Waals surface area contributed by atoms with Gasteiger partial charge in [-0.15, -0.1) is 0 Å². The van der Waals surface area contributed by atoms with Crippen molar-refractivity contribution in [2.75, 3.05) is 25.2 Å². The van der Waals surface area contributed by atoms with E-state index in [1.54, 1.807) is 0 Å². The van der Waals surface area contributed by atoms with Gasteiger partial charge in [0.15, 0.2) is 5.79 Å². The molecule has 1 unspecified atom stereocenters. The number of hydrogen-bond donors (Lipinski definition) is 1. The van der Waals surface area contributed by atoms with Gasteiger partial charge in [-0.3, -0.25) is 4.79 Å². The highest BCUT2D eigenvalue weighted by Crippen LogP contribution is 2.21. The summed E-state index contributed by atoms with van der Waals surface area (Å²) in [6, 6.07) is 0. The Morgan fingerprint density at radius 2 is 2.36 bits per heavy atom. The smallest absolute Gasteiger partial charge is 0.230 e. The predicted molar refractivity (Wildman–Crippen MR) is 56.3 cm³/mol. The van der Waals surface area contributed by atoms with Gasteiger partial charge in [0.25, 0.3) is 0 Å². The number of carbonyl (C=O) groups is 1. The summed E-state index contributed by atoms with van der Waals surface area (Å²) in [6.07, 6.45) is 1.88. The number of ether oxygens (including phenoxy) is 2. The Kier molecular flexibility index (Phi) is 4.22. The van der Waals surface area contributed by atoms with Crippen molar-refractivity contribution in [3.8, 4) is 0 Å². The molecule has 82 valence electrons. The van der Waals surface area contributed by atoms with Crippen molar-refractivity contribution in [3.05, 3.63) is 0 Å². The van der Waals surface area contributed by atoms with Crippen LogP contribution in [0, 0.1) is 0 Å². The number of thioether (sulfide) groups is 1. The topological polar surface area (TPSA) is 47.6 Å². The first kappa shape index (κ1) is 11.8. The fourth-order valence-electron chi connectivity index (χ4n) is 1.27. The third kappa shape index (κ3) is 3.86. The molecule has 0 aromatic rings. The van der Waals surface area contributed by atoms with E-state index in [0.29, 0.717) is 18.9 Å². The molecule has 1 aliphatic rings. The van der Waals surface area contributed by atoms with Gasteiger partial charge in [-0.25, -0.2) is 0 Å². The van der Waals surface area contributed by atoms with Crippen LogP contribution in [0.15, 0.2) is 0 Å². The van der Waals surface area contributed by atoms with Crippen LogP contribution in [-0.2, 0) is 14.3 Å². The van der Waals surface area contributed by atoms with Crippen LogP contribution in [0.2, 0.25) is 0 Å². The van der Waals surface area contributed by atoms with Crippen LogP contribution >= 0.6 is 11.8 Å². The zero-order chi connectivity index (χ0) is 10.6. The molecular weight excluding hydrogens is 202 g/mol. The van der Waals surface area contributed by atoms with Gasteiger partial charge < -0.3 is 14.8 Å². The summed E-state index contributed by atoms with van der Waals surface area (Å²) in [5.74, 6) is 0.0390. The lowest BCUT2D eigenvalue weighted by molar-refractivity contribution is -0.139. The normalized spacial score (nSPS) is 24.9. The van der Waals surface area contributed by atoms with Crippen LogP contribution in [0.5, 0.6) is 0 Å². The first-order valence-corrected chi connectivity index (χ1v) is 6.00. The third-order valence-electron chi connectivity index (χ3n) is 1.87. The molecule has 0 radical (unpaired) electrons. The fraction of sp³-hybridized carbons (Fsp3) is 0.889. The van der Waals surface area contributed by atoms with E-state index in [1.807, 2.05) is 20.1 Å². The van der Waals surface area contributed by atoms with Crippen molar-refractivity contribution in [2.24, 2.45) is 0 Å².